The van der Waals surface area contributed by atoms with Gasteiger partial charge in [-0.05, 0) is 55.7 Å². The van der Waals surface area contributed by atoms with E-state index in [9.17, 15) is 9.18 Å². The van der Waals surface area contributed by atoms with E-state index in [0.29, 0.717) is 12.2 Å². The number of unbranched alkanes of at least 4 members (excludes halogenated alkanes) is 2. The maximum Gasteiger partial charge on any atom is 0.258 e. The standard InChI is InChI=1S/C25H27FN2O2/c1-3-4-5-6-7-8-17-30-23-13-9-12-22(24(23)26)28(2)25(29)20-14-15-21-19(18-20)11-10-16-27-21/h5-6,9-16,18H,3-4,7-8,17H2,1-2H3. The van der Waals surface area contributed by atoms with Crippen LogP contribution in [0.15, 0.2) is 66.9 Å². The van der Waals surface area contributed by atoms with Crippen LogP contribution in [0.4, 0.5) is 10.1 Å². The lowest BCUT2D eigenvalue weighted by Gasteiger charge is -2.19. The maximum absolute atomic E-state index is 15.0. The van der Waals surface area contributed by atoms with Crippen molar-refractivity contribution < 1.29 is 13.9 Å². The van der Waals surface area contributed by atoms with Crippen LogP contribution in [-0.2, 0) is 0 Å². The number of allylic oxidation sites excluding steroid dienone is 2. The topological polar surface area (TPSA) is 42.4 Å². The molecule has 0 fully saturated rings. The van der Waals surface area contributed by atoms with Gasteiger partial charge in [-0.25, -0.2) is 4.39 Å². The zero-order chi connectivity index (χ0) is 21.3. The normalized spacial score (nSPS) is 11.2. The molecule has 156 valence electrons. The molecule has 0 radical (unpaired) electrons. The molecule has 0 saturated heterocycles. The number of pyridine rings is 1. The van der Waals surface area contributed by atoms with Crippen molar-refractivity contribution in [3.05, 3.63) is 78.3 Å². The Morgan fingerprint density at radius 1 is 1.13 bits per heavy atom. The first-order chi connectivity index (χ1) is 14.6. The molecule has 1 heterocycles. The van der Waals surface area contributed by atoms with Crippen molar-refractivity contribution in [2.75, 3.05) is 18.6 Å². The number of amides is 1. The number of ether oxygens (including phenoxy) is 1. The summed E-state index contributed by atoms with van der Waals surface area (Å²) in [5, 5.41) is 0.863. The summed E-state index contributed by atoms with van der Waals surface area (Å²) in [4.78, 5) is 18.5. The van der Waals surface area contributed by atoms with Crippen LogP contribution in [0.2, 0.25) is 0 Å². The number of aromatic nitrogens is 1. The minimum Gasteiger partial charge on any atom is -0.490 e. The second-order valence-electron chi connectivity index (χ2n) is 7.12. The van der Waals surface area contributed by atoms with Crippen molar-refractivity contribution in [3.8, 4) is 5.75 Å². The van der Waals surface area contributed by atoms with Crippen molar-refractivity contribution in [2.24, 2.45) is 0 Å². The number of hydrogen-bond donors (Lipinski definition) is 0. The molecule has 1 amide bonds. The van der Waals surface area contributed by atoms with Gasteiger partial charge in [0, 0.05) is 24.2 Å². The Bertz CT molecular complexity index is 1030. The summed E-state index contributed by atoms with van der Waals surface area (Å²) in [6.07, 6.45) is 9.91. The van der Waals surface area contributed by atoms with E-state index < -0.39 is 5.82 Å². The van der Waals surface area contributed by atoms with Gasteiger partial charge in [0.2, 0.25) is 0 Å². The molecule has 3 rings (SSSR count). The highest BCUT2D eigenvalue weighted by Gasteiger charge is 2.19. The molecule has 5 heteroatoms. The van der Waals surface area contributed by atoms with E-state index in [2.05, 4.69) is 24.1 Å². The highest BCUT2D eigenvalue weighted by Crippen LogP contribution is 2.28. The van der Waals surface area contributed by atoms with E-state index in [0.717, 1.165) is 36.6 Å². The number of fused-ring (bicyclic) bond motifs is 1. The van der Waals surface area contributed by atoms with Crippen molar-refractivity contribution in [1.29, 1.82) is 0 Å². The number of nitrogens with zero attached hydrogens (tertiary/aromatic N) is 2. The van der Waals surface area contributed by atoms with Gasteiger partial charge in [0.15, 0.2) is 11.6 Å². The Morgan fingerprint density at radius 2 is 1.97 bits per heavy atom. The number of halogens is 1. The van der Waals surface area contributed by atoms with Gasteiger partial charge in [-0.1, -0.05) is 37.6 Å². The molecule has 0 spiro atoms. The van der Waals surface area contributed by atoms with Gasteiger partial charge >= 0.3 is 0 Å². The van der Waals surface area contributed by atoms with Crippen LogP contribution in [0.25, 0.3) is 10.9 Å². The van der Waals surface area contributed by atoms with Crippen molar-refractivity contribution in [3.63, 3.8) is 0 Å². The molecule has 4 nitrogen and oxygen atoms in total. The summed E-state index contributed by atoms with van der Waals surface area (Å²) in [5.74, 6) is -0.664. The summed E-state index contributed by atoms with van der Waals surface area (Å²) in [6, 6.07) is 13.8. The number of hydrogen-bond acceptors (Lipinski definition) is 3. The van der Waals surface area contributed by atoms with E-state index in [1.165, 1.54) is 4.90 Å². The lowest BCUT2D eigenvalue weighted by molar-refractivity contribution is 0.0992. The van der Waals surface area contributed by atoms with E-state index >= 15 is 0 Å². The fourth-order valence-corrected chi connectivity index (χ4v) is 3.17. The molecule has 0 saturated carbocycles. The molecule has 0 unspecified atom stereocenters. The Kier molecular flexibility index (Phi) is 7.55. The van der Waals surface area contributed by atoms with E-state index in [1.54, 1.807) is 49.6 Å². The second kappa shape index (κ2) is 10.5. The molecule has 0 N–H and O–H groups in total. The first kappa shape index (κ1) is 21.5. The fourth-order valence-electron chi connectivity index (χ4n) is 3.17. The lowest BCUT2D eigenvalue weighted by Crippen LogP contribution is -2.27. The second-order valence-corrected chi connectivity index (χ2v) is 7.12. The average molecular weight is 407 g/mol. The molecular weight excluding hydrogens is 379 g/mol. The Balaban J connectivity index is 1.68. The van der Waals surface area contributed by atoms with Crippen LogP contribution in [0.5, 0.6) is 5.75 Å². The predicted octanol–water partition coefficient (Wildman–Crippen LogP) is 6.17. The molecule has 2 aromatic carbocycles. The molecule has 30 heavy (non-hydrogen) atoms. The number of rotatable bonds is 9. The third kappa shape index (κ3) is 5.23. The number of carbonyl (C=O) groups is 1. The van der Waals surface area contributed by atoms with Crippen LogP contribution < -0.4 is 9.64 Å². The Labute approximate surface area is 177 Å². The van der Waals surface area contributed by atoms with Gasteiger partial charge < -0.3 is 9.64 Å². The van der Waals surface area contributed by atoms with Crippen LogP contribution in [0.1, 0.15) is 43.0 Å². The molecule has 0 aliphatic heterocycles. The SMILES string of the molecule is CCCC=CCCCOc1cccc(N(C)C(=O)c2ccc3ncccc3c2)c1F. The number of benzene rings is 2. The Morgan fingerprint density at radius 3 is 2.80 bits per heavy atom. The summed E-state index contributed by atoms with van der Waals surface area (Å²) in [7, 11) is 1.57. The number of anilines is 1. The fraction of sp³-hybridized carbons (Fsp3) is 0.280. The zero-order valence-electron chi connectivity index (χ0n) is 17.5. The summed E-state index contributed by atoms with van der Waals surface area (Å²) in [5.41, 5.74) is 1.47. The third-order valence-corrected chi connectivity index (χ3v) is 4.85. The third-order valence-electron chi connectivity index (χ3n) is 4.85. The molecule has 0 atom stereocenters. The van der Waals surface area contributed by atoms with Gasteiger partial charge in [0.1, 0.15) is 0 Å². The minimum atomic E-state index is -0.530. The molecule has 0 bridgehead atoms. The van der Waals surface area contributed by atoms with Gasteiger partial charge in [-0.2, -0.15) is 0 Å². The monoisotopic (exact) mass is 406 g/mol. The van der Waals surface area contributed by atoms with Crippen LogP contribution in [0.3, 0.4) is 0 Å². The molecule has 3 aromatic rings. The first-order valence-electron chi connectivity index (χ1n) is 10.3. The zero-order valence-corrected chi connectivity index (χ0v) is 17.5. The summed E-state index contributed by atoms with van der Waals surface area (Å²) < 4.78 is 20.6. The van der Waals surface area contributed by atoms with Crippen molar-refractivity contribution in [1.82, 2.24) is 4.98 Å². The largest absolute Gasteiger partial charge is 0.490 e. The summed E-state index contributed by atoms with van der Waals surface area (Å²) >= 11 is 0. The van der Waals surface area contributed by atoms with Crippen LogP contribution in [0, 0.1) is 5.82 Å². The van der Waals surface area contributed by atoms with Gasteiger partial charge in [-0.3, -0.25) is 9.78 Å². The summed E-state index contributed by atoms with van der Waals surface area (Å²) in [6.45, 7) is 2.56. The van der Waals surface area contributed by atoms with E-state index in [1.807, 2.05) is 12.1 Å². The van der Waals surface area contributed by atoms with Crippen LogP contribution >= 0.6 is 0 Å². The van der Waals surface area contributed by atoms with Gasteiger partial charge in [0.25, 0.3) is 5.91 Å². The molecular formula is C25H27FN2O2. The first-order valence-corrected chi connectivity index (χ1v) is 10.3. The van der Waals surface area contributed by atoms with Gasteiger partial charge in [-0.15, -0.1) is 0 Å². The molecule has 0 aliphatic carbocycles. The highest BCUT2D eigenvalue weighted by molar-refractivity contribution is 6.07. The van der Waals surface area contributed by atoms with Gasteiger partial charge in [0.05, 0.1) is 17.8 Å². The van der Waals surface area contributed by atoms with Crippen molar-refractivity contribution in [2.45, 2.75) is 32.6 Å². The smallest absolute Gasteiger partial charge is 0.258 e. The predicted molar refractivity (Wildman–Crippen MR) is 120 cm³/mol. The van der Waals surface area contributed by atoms with Crippen LogP contribution in [-0.4, -0.2) is 24.5 Å². The van der Waals surface area contributed by atoms with E-state index in [-0.39, 0.29) is 17.3 Å². The molecule has 0 aliphatic rings. The Hall–Kier alpha value is -3.21. The maximum atomic E-state index is 15.0. The van der Waals surface area contributed by atoms with Crippen molar-refractivity contribution >= 4 is 22.5 Å². The molecule has 1 aromatic heterocycles. The number of carbonyl (C=O) groups excluding carboxylic acids is 1. The van der Waals surface area contributed by atoms with E-state index in [4.69, 9.17) is 4.74 Å². The highest BCUT2D eigenvalue weighted by atomic mass is 19.1. The minimum absolute atomic E-state index is 0.160. The quantitative estimate of drug-likeness (QED) is 0.315. The lowest BCUT2D eigenvalue weighted by atomic mass is 10.1. The average Bonchev–Trinajstić information content (AvgIpc) is 2.78.